The monoisotopic (exact) mass is 285 g/mol. The second-order valence-electron chi connectivity index (χ2n) is 3.44. The number of halogens is 7. The highest BCUT2D eigenvalue weighted by Gasteiger charge is 2.75. The fraction of sp³-hybridized carbons (Fsp3) is 0.875. The van der Waals surface area contributed by atoms with E-state index in [9.17, 15) is 31.1 Å². The number of hydrogen-bond acceptors (Lipinski definition) is 1. The number of alkyl halides is 7. The van der Waals surface area contributed by atoms with Gasteiger partial charge >= 0.3 is 17.2 Å². The van der Waals surface area contributed by atoms with Crippen LogP contribution in [0.25, 0.3) is 0 Å². The van der Waals surface area contributed by atoms with Crippen molar-refractivity contribution in [3.63, 3.8) is 0 Å². The summed E-state index contributed by atoms with van der Waals surface area (Å²) < 4.78 is 73.8. The lowest BCUT2D eigenvalue weighted by molar-refractivity contribution is -0.260. The van der Waals surface area contributed by atoms with Crippen molar-refractivity contribution in [3.8, 4) is 0 Å². The van der Waals surface area contributed by atoms with E-state index in [-0.39, 0.29) is 6.42 Å². The van der Waals surface area contributed by atoms with E-state index in [0.29, 0.717) is 0 Å². The lowest BCUT2D eigenvalue weighted by atomic mass is 10.1. The standard InChI is InChI=1S/C8H10ClF6NO/c1-3-4(2)16-5(17)6(9,7(10,11)12)8(13,14)15/h4H,3H2,1-2H3,(H,16,17). The van der Waals surface area contributed by atoms with Crippen LogP contribution in [0.1, 0.15) is 20.3 Å². The third-order valence-electron chi connectivity index (χ3n) is 2.08. The molecule has 0 bridgehead atoms. The molecule has 0 aromatic carbocycles. The molecule has 0 aliphatic rings. The van der Waals surface area contributed by atoms with Gasteiger partial charge in [0.25, 0.3) is 5.91 Å². The second-order valence-corrected chi connectivity index (χ2v) is 4.00. The molecule has 0 saturated heterocycles. The molecule has 2 nitrogen and oxygen atoms in total. The van der Waals surface area contributed by atoms with Crippen LogP contribution in [0.15, 0.2) is 0 Å². The number of carbonyl (C=O) groups is 1. The molecule has 1 atom stereocenters. The minimum absolute atomic E-state index is 0.175. The first kappa shape index (κ1) is 16.3. The largest absolute Gasteiger partial charge is 0.425 e. The highest BCUT2D eigenvalue weighted by Crippen LogP contribution is 2.48. The zero-order valence-electron chi connectivity index (χ0n) is 8.84. The summed E-state index contributed by atoms with van der Waals surface area (Å²) in [6.07, 6.45) is -11.7. The normalized spacial score (nSPS) is 15.6. The molecule has 0 heterocycles. The van der Waals surface area contributed by atoms with Gasteiger partial charge in [0.05, 0.1) is 0 Å². The first-order valence-corrected chi connectivity index (χ1v) is 4.89. The van der Waals surface area contributed by atoms with Gasteiger partial charge in [0, 0.05) is 6.04 Å². The van der Waals surface area contributed by atoms with Gasteiger partial charge in [0.15, 0.2) is 0 Å². The summed E-state index contributed by atoms with van der Waals surface area (Å²) in [5, 5.41) is 1.57. The predicted molar refractivity (Wildman–Crippen MR) is 48.6 cm³/mol. The number of carbonyl (C=O) groups excluding carboxylic acids is 1. The summed E-state index contributed by atoms with van der Waals surface area (Å²) in [6.45, 7) is 2.75. The molecule has 0 spiro atoms. The molecule has 0 fully saturated rings. The zero-order valence-corrected chi connectivity index (χ0v) is 9.59. The van der Waals surface area contributed by atoms with Crippen molar-refractivity contribution in [2.75, 3.05) is 0 Å². The minimum atomic E-state index is -5.93. The molecular formula is C8H10ClF6NO. The van der Waals surface area contributed by atoms with E-state index in [0.717, 1.165) is 0 Å². The smallest absolute Gasteiger partial charge is 0.352 e. The van der Waals surface area contributed by atoms with Gasteiger partial charge in [0.2, 0.25) is 0 Å². The van der Waals surface area contributed by atoms with Crippen LogP contribution in [0.5, 0.6) is 0 Å². The zero-order chi connectivity index (χ0) is 14.1. The summed E-state index contributed by atoms with van der Waals surface area (Å²) in [7, 11) is 0. The molecule has 0 aliphatic heterocycles. The number of nitrogens with one attached hydrogen (secondary N) is 1. The number of rotatable bonds is 3. The Kier molecular flexibility index (Phi) is 4.72. The van der Waals surface area contributed by atoms with E-state index in [4.69, 9.17) is 0 Å². The van der Waals surface area contributed by atoms with E-state index in [1.54, 1.807) is 5.32 Å². The third-order valence-corrected chi connectivity index (χ3v) is 2.68. The molecule has 9 heteroatoms. The fourth-order valence-corrected chi connectivity index (χ4v) is 0.898. The van der Waals surface area contributed by atoms with Crippen LogP contribution in [0.4, 0.5) is 26.3 Å². The van der Waals surface area contributed by atoms with Crippen molar-refractivity contribution in [2.24, 2.45) is 0 Å². The van der Waals surface area contributed by atoms with Crippen molar-refractivity contribution in [3.05, 3.63) is 0 Å². The Morgan fingerprint density at radius 1 is 1.18 bits per heavy atom. The Morgan fingerprint density at radius 3 is 1.76 bits per heavy atom. The van der Waals surface area contributed by atoms with Crippen molar-refractivity contribution in [1.82, 2.24) is 5.32 Å². The highest BCUT2D eigenvalue weighted by atomic mass is 35.5. The summed E-state index contributed by atoms with van der Waals surface area (Å²) in [5.41, 5.74) is 0. The molecule has 0 saturated carbocycles. The second kappa shape index (κ2) is 4.91. The average molecular weight is 286 g/mol. The number of amides is 1. The Bertz CT molecular complexity index is 273. The summed E-state index contributed by atoms with van der Waals surface area (Å²) in [4.78, 5) is 6.13. The topological polar surface area (TPSA) is 29.1 Å². The van der Waals surface area contributed by atoms with E-state index < -0.39 is 29.2 Å². The molecule has 0 radical (unpaired) electrons. The van der Waals surface area contributed by atoms with Gasteiger partial charge in [-0.15, -0.1) is 0 Å². The maximum atomic E-state index is 12.3. The lowest BCUT2D eigenvalue weighted by Gasteiger charge is -2.31. The van der Waals surface area contributed by atoms with Crippen molar-refractivity contribution < 1.29 is 31.1 Å². The van der Waals surface area contributed by atoms with Crippen LogP contribution in [0.3, 0.4) is 0 Å². The molecule has 1 amide bonds. The van der Waals surface area contributed by atoms with Gasteiger partial charge in [-0.25, -0.2) is 0 Å². The molecule has 0 aliphatic carbocycles. The van der Waals surface area contributed by atoms with Crippen molar-refractivity contribution >= 4 is 17.5 Å². The van der Waals surface area contributed by atoms with E-state index >= 15 is 0 Å². The van der Waals surface area contributed by atoms with Crippen LogP contribution in [-0.2, 0) is 4.79 Å². The van der Waals surface area contributed by atoms with Crippen LogP contribution in [0, 0.1) is 0 Å². The molecule has 1 unspecified atom stereocenters. The summed E-state index contributed by atoms with van der Waals surface area (Å²) >= 11 is 4.48. The van der Waals surface area contributed by atoms with Crippen LogP contribution in [0.2, 0.25) is 0 Å². The van der Waals surface area contributed by atoms with Crippen LogP contribution in [-0.4, -0.2) is 29.2 Å². The average Bonchev–Trinajstić information content (AvgIpc) is 2.12. The maximum absolute atomic E-state index is 12.3. The molecule has 0 aromatic heterocycles. The molecule has 0 rings (SSSR count). The van der Waals surface area contributed by atoms with Gasteiger partial charge < -0.3 is 5.32 Å². The SMILES string of the molecule is CCC(C)NC(=O)C(Cl)(C(F)(F)F)C(F)(F)F. The highest BCUT2D eigenvalue weighted by molar-refractivity contribution is 6.36. The number of hydrogen-bond donors (Lipinski definition) is 1. The van der Waals surface area contributed by atoms with Gasteiger partial charge in [-0.3, -0.25) is 4.79 Å². The van der Waals surface area contributed by atoms with E-state index in [2.05, 4.69) is 11.6 Å². The summed E-state index contributed by atoms with van der Waals surface area (Å²) in [6, 6.07) is -0.842. The minimum Gasteiger partial charge on any atom is -0.352 e. The Balaban J connectivity index is 5.30. The molecular weight excluding hydrogens is 276 g/mol. The quantitative estimate of drug-likeness (QED) is 0.627. The van der Waals surface area contributed by atoms with Gasteiger partial charge in [-0.05, 0) is 13.3 Å². The molecule has 0 aromatic rings. The molecule has 102 valence electrons. The molecule has 1 N–H and O–H groups in total. The Morgan fingerprint density at radius 2 is 1.53 bits per heavy atom. The Hall–Kier alpha value is -0.660. The first-order valence-electron chi connectivity index (χ1n) is 4.51. The summed E-state index contributed by atoms with van der Waals surface area (Å²) in [5.74, 6) is -2.31. The fourth-order valence-electron chi connectivity index (χ4n) is 0.843. The maximum Gasteiger partial charge on any atom is 0.425 e. The van der Waals surface area contributed by atoms with Gasteiger partial charge in [0.1, 0.15) is 0 Å². The Labute approximate surface area is 98.3 Å². The van der Waals surface area contributed by atoms with Gasteiger partial charge in [-0.2, -0.15) is 26.3 Å². The first-order chi connectivity index (χ1) is 7.38. The molecule has 17 heavy (non-hydrogen) atoms. The van der Waals surface area contributed by atoms with Crippen molar-refractivity contribution in [2.45, 2.75) is 43.5 Å². The predicted octanol–water partition coefficient (Wildman–Crippen LogP) is 3.00. The van der Waals surface area contributed by atoms with Crippen molar-refractivity contribution in [1.29, 1.82) is 0 Å². The van der Waals surface area contributed by atoms with Crippen LogP contribution >= 0.6 is 11.6 Å². The lowest BCUT2D eigenvalue weighted by Crippen LogP contribution is -2.62. The van der Waals surface area contributed by atoms with Gasteiger partial charge in [-0.1, -0.05) is 18.5 Å². The van der Waals surface area contributed by atoms with E-state index in [1.165, 1.54) is 13.8 Å². The van der Waals surface area contributed by atoms with E-state index in [1.807, 2.05) is 0 Å². The van der Waals surface area contributed by atoms with Crippen LogP contribution < -0.4 is 5.32 Å². The third kappa shape index (κ3) is 3.17.